The molecule has 0 aliphatic rings. The van der Waals surface area contributed by atoms with Gasteiger partial charge in [-0.15, -0.1) is 0 Å². The zero-order valence-corrected chi connectivity index (χ0v) is 15.3. The van der Waals surface area contributed by atoms with Crippen LogP contribution in [0.3, 0.4) is 0 Å². The Balaban J connectivity index is 1.90. The molecule has 0 atom stereocenters. The first-order valence-corrected chi connectivity index (χ1v) is 9.51. The van der Waals surface area contributed by atoms with Crippen molar-refractivity contribution in [2.75, 3.05) is 0 Å². The number of hydrogen-bond acceptors (Lipinski definition) is 3. The molecule has 2 N–H and O–H groups in total. The average molecular weight is 377 g/mol. The lowest BCUT2D eigenvalue weighted by Gasteiger charge is -2.09. The number of nitrogens with one attached hydrogen (secondary N) is 2. The van der Waals surface area contributed by atoms with Crippen LogP contribution in [0, 0.1) is 13.8 Å². The summed E-state index contributed by atoms with van der Waals surface area (Å²) >= 11 is 5.77. The lowest BCUT2D eigenvalue weighted by atomic mass is 10.1. The van der Waals surface area contributed by atoms with Gasteiger partial charge in [-0.25, -0.2) is 13.1 Å². The molecule has 7 heteroatoms. The van der Waals surface area contributed by atoms with Crippen LogP contribution in [0.2, 0.25) is 5.02 Å². The molecule has 0 saturated heterocycles. The smallest absolute Gasteiger partial charge is 0.252 e. The largest absolute Gasteiger partial charge is 0.322 e. The number of H-pyrrole nitrogens is 1. The molecule has 0 radical (unpaired) electrons. The SMILES string of the molecule is Cc1cc2cc(CNS(=O)(=O)c3ccc(Cl)cc3)c(=O)[nH]c2cc1C. The summed E-state index contributed by atoms with van der Waals surface area (Å²) in [6.45, 7) is 3.87. The molecule has 3 rings (SSSR count). The number of sulfonamides is 1. The fraction of sp³-hybridized carbons (Fsp3) is 0.167. The van der Waals surface area contributed by atoms with E-state index in [1.54, 1.807) is 6.07 Å². The van der Waals surface area contributed by atoms with E-state index in [1.165, 1.54) is 24.3 Å². The van der Waals surface area contributed by atoms with Crippen LogP contribution in [-0.4, -0.2) is 13.4 Å². The molecule has 0 aliphatic heterocycles. The van der Waals surface area contributed by atoms with Gasteiger partial charge in [0.2, 0.25) is 10.0 Å². The first-order chi connectivity index (χ1) is 11.8. The van der Waals surface area contributed by atoms with Crippen molar-refractivity contribution in [3.05, 3.63) is 74.5 Å². The zero-order chi connectivity index (χ0) is 18.2. The topological polar surface area (TPSA) is 79.0 Å². The predicted octanol–water partition coefficient (Wildman–Crippen LogP) is 3.28. The van der Waals surface area contributed by atoms with Gasteiger partial charge < -0.3 is 4.98 Å². The van der Waals surface area contributed by atoms with Crippen molar-refractivity contribution in [1.82, 2.24) is 9.71 Å². The summed E-state index contributed by atoms with van der Waals surface area (Å²) in [6.07, 6.45) is 0. The van der Waals surface area contributed by atoms with E-state index in [9.17, 15) is 13.2 Å². The fourth-order valence-corrected chi connectivity index (χ4v) is 3.66. The van der Waals surface area contributed by atoms with Crippen LogP contribution in [0.15, 0.2) is 52.2 Å². The summed E-state index contributed by atoms with van der Waals surface area (Å²) in [5.41, 5.74) is 2.96. The maximum absolute atomic E-state index is 12.3. The molecular formula is C18H17ClN2O3S. The Bertz CT molecular complexity index is 1100. The van der Waals surface area contributed by atoms with E-state index in [1.807, 2.05) is 26.0 Å². The van der Waals surface area contributed by atoms with Gasteiger partial charge in [-0.3, -0.25) is 4.79 Å². The standard InChI is InChI=1S/C18H17ClN2O3S/c1-11-7-13-9-14(18(22)21-17(13)8-12(11)2)10-20-25(23,24)16-5-3-15(19)4-6-16/h3-9,20H,10H2,1-2H3,(H,21,22). The zero-order valence-electron chi connectivity index (χ0n) is 13.8. The quantitative estimate of drug-likeness (QED) is 0.733. The van der Waals surface area contributed by atoms with Gasteiger partial charge in [0.05, 0.1) is 4.90 Å². The van der Waals surface area contributed by atoms with Crippen molar-refractivity contribution in [3.63, 3.8) is 0 Å². The molecule has 0 fully saturated rings. The fourth-order valence-electron chi connectivity index (χ4n) is 2.52. The molecule has 0 aliphatic carbocycles. The number of hydrogen-bond donors (Lipinski definition) is 2. The number of benzene rings is 2. The molecule has 0 unspecified atom stereocenters. The Morgan fingerprint density at radius 3 is 2.36 bits per heavy atom. The second-order valence-corrected chi connectivity index (χ2v) is 8.13. The summed E-state index contributed by atoms with van der Waals surface area (Å²) in [7, 11) is -3.72. The third kappa shape index (κ3) is 3.76. The second kappa shape index (κ2) is 6.63. The Hall–Kier alpha value is -2.15. The highest BCUT2D eigenvalue weighted by Gasteiger charge is 2.15. The molecule has 3 aromatic rings. The minimum Gasteiger partial charge on any atom is -0.322 e. The molecule has 5 nitrogen and oxygen atoms in total. The number of aromatic amines is 1. The molecule has 0 bridgehead atoms. The summed E-state index contributed by atoms with van der Waals surface area (Å²) in [5.74, 6) is 0. The minimum absolute atomic E-state index is 0.0941. The molecule has 0 saturated carbocycles. The predicted molar refractivity (Wildman–Crippen MR) is 99.5 cm³/mol. The average Bonchev–Trinajstić information content (AvgIpc) is 2.55. The Kier molecular flexibility index (Phi) is 4.69. The lowest BCUT2D eigenvalue weighted by molar-refractivity contribution is 0.581. The minimum atomic E-state index is -3.72. The third-order valence-corrected chi connectivity index (χ3v) is 5.78. The number of aryl methyl sites for hydroxylation is 2. The number of halogens is 1. The molecular weight excluding hydrogens is 360 g/mol. The number of pyridine rings is 1. The number of aromatic nitrogens is 1. The van der Waals surface area contributed by atoms with Crippen molar-refractivity contribution in [3.8, 4) is 0 Å². The highest BCUT2D eigenvalue weighted by molar-refractivity contribution is 7.89. The van der Waals surface area contributed by atoms with Gasteiger partial charge in [-0.2, -0.15) is 0 Å². The molecule has 2 aromatic carbocycles. The first kappa shape index (κ1) is 17.7. The molecule has 1 aromatic heterocycles. The van der Waals surface area contributed by atoms with Crippen LogP contribution in [0.1, 0.15) is 16.7 Å². The van der Waals surface area contributed by atoms with Crippen molar-refractivity contribution in [2.45, 2.75) is 25.3 Å². The monoisotopic (exact) mass is 376 g/mol. The Morgan fingerprint density at radius 1 is 1.04 bits per heavy atom. The Labute approximate surface area is 150 Å². The third-order valence-electron chi connectivity index (χ3n) is 4.11. The van der Waals surface area contributed by atoms with Crippen LogP contribution in [0.4, 0.5) is 0 Å². The van der Waals surface area contributed by atoms with Gasteiger partial charge in [0.1, 0.15) is 0 Å². The second-order valence-electron chi connectivity index (χ2n) is 5.93. The molecule has 1 heterocycles. The molecule has 0 spiro atoms. The van der Waals surface area contributed by atoms with Crippen LogP contribution < -0.4 is 10.3 Å². The summed E-state index contributed by atoms with van der Waals surface area (Å²) in [4.78, 5) is 15.1. The van der Waals surface area contributed by atoms with E-state index in [0.29, 0.717) is 10.6 Å². The molecule has 130 valence electrons. The lowest BCUT2D eigenvalue weighted by Crippen LogP contribution is -2.27. The van der Waals surface area contributed by atoms with Crippen molar-refractivity contribution in [2.24, 2.45) is 0 Å². The van der Waals surface area contributed by atoms with E-state index in [2.05, 4.69) is 9.71 Å². The van der Waals surface area contributed by atoms with E-state index < -0.39 is 10.0 Å². The van der Waals surface area contributed by atoms with Gasteiger partial charge in [0.25, 0.3) is 5.56 Å². The van der Waals surface area contributed by atoms with Gasteiger partial charge in [-0.1, -0.05) is 11.6 Å². The maximum atomic E-state index is 12.3. The van der Waals surface area contributed by atoms with Gasteiger partial charge in [0.15, 0.2) is 0 Å². The van der Waals surface area contributed by atoms with E-state index >= 15 is 0 Å². The first-order valence-electron chi connectivity index (χ1n) is 7.65. The summed E-state index contributed by atoms with van der Waals surface area (Å²) in [5, 5.41) is 1.32. The van der Waals surface area contributed by atoms with Crippen molar-refractivity contribution < 1.29 is 8.42 Å². The highest BCUT2D eigenvalue weighted by atomic mass is 35.5. The van der Waals surface area contributed by atoms with Gasteiger partial charge in [0, 0.05) is 22.6 Å². The van der Waals surface area contributed by atoms with Crippen LogP contribution in [-0.2, 0) is 16.6 Å². The molecule has 25 heavy (non-hydrogen) atoms. The van der Waals surface area contributed by atoms with Gasteiger partial charge >= 0.3 is 0 Å². The van der Waals surface area contributed by atoms with Crippen LogP contribution >= 0.6 is 11.6 Å². The normalized spacial score (nSPS) is 11.8. The van der Waals surface area contributed by atoms with Crippen molar-refractivity contribution >= 4 is 32.5 Å². The molecule has 0 amide bonds. The van der Waals surface area contributed by atoms with E-state index in [0.717, 1.165) is 22.0 Å². The Morgan fingerprint density at radius 2 is 1.68 bits per heavy atom. The van der Waals surface area contributed by atoms with Crippen LogP contribution in [0.25, 0.3) is 10.9 Å². The van der Waals surface area contributed by atoms with Crippen LogP contribution in [0.5, 0.6) is 0 Å². The van der Waals surface area contributed by atoms with E-state index in [-0.39, 0.29) is 17.0 Å². The number of rotatable bonds is 4. The summed E-state index contributed by atoms with van der Waals surface area (Å²) in [6, 6.07) is 11.4. The van der Waals surface area contributed by atoms with E-state index in [4.69, 9.17) is 11.6 Å². The van der Waals surface area contributed by atoms with Gasteiger partial charge in [-0.05, 0) is 72.8 Å². The summed E-state index contributed by atoms with van der Waals surface area (Å²) < 4.78 is 27.1. The highest BCUT2D eigenvalue weighted by Crippen LogP contribution is 2.18. The maximum Gasteiger partial charge on any atom is 0.252 e. The number of fused-ring (bicyclic) bond motifs is 1. The van der Waals surface area contributed by atoms with Crippen molar-refractivity contribution in [1.29, 1.82) is 0 Å².